The number of ether oxygens (including phenoxy) is 2. The number of anilines is 2. The van der Waals surface area contributed by atoms with Gasteiger partial charge in [0.05, 0.1) is 6.54 Å². The Balaban J connectivity index is 0.000000165. The molecule has 4 aromatic rings. The molecule has 6 rings (SSSR count). The summed E-state index contributed by atoms with van der Waals surface area (Å²) < 4.78 is 77.6. The molecule has 0 radical (unpaired) electrons. The smallest absolute Gasteiger partial charge is 0.161 e. The molecule has 2 aliphatic heterocycles. The van der Waals surface area contributed by atoms with Crippen LogP contribution in [0.3, 0.4) is 0 Å². The van der Waals surface area contributed by atoms with Crippen molar-refractivity contribution in [1.82, 2.24) is 0 Å². The lowest BCUT2D eigenvalue weighted by atomic mass is 9.86. The highest BCUT2D eigenvalue weighted by atomic mass is 19.2. The molecule has 41 heavy (non-hydrogen) atoms. The van der Waals surface area contributed by atoms with E-state index in [4.69, 9.17) is 9.47 Å². The molecule has 0 unspecified atom stereocenters. The highest BCUT2D eigenvalue weighted by molar-refractivity contribution is 5.53. The lowest BCUT2D eigenvalue weighted by Gasteiger charge is -2.32. The zero-order valence-electron chi connectivity index (χ0n) is 22.9. The quantitative estimate of drug-likeness (QED) is 0.228. The first-order valence-electron chi connectivity index (χ1n) is 13.1. The third-order valence-corrected chi connectivity index (χ3v) is 6.91. The minimum absolute atomic E-state index is 0.0760. The summed E-state index contributed by atoms with van der Waals surface area (Å²) in [4.78, 5) is 3.35. The molecule has 0 aromatic heterocycles. The second-order valence-corrected chi connectivity index (χ2v) is 11.0. The Bertz CT molecular complexity index is 1530. The van der Waals surface area contributed by atoms with Crippen LogP contribution in [-0.2, 0) is 18.5 Å². The Kier molecular flexibility index (Phi) is 7.80. The van der Waals surface area contributed by atoms with Crippen LogP contribution in [0.1, 0.15) is 37.5 Å². The third kappa shape index (κ3) is 6.39. The van der Waals surface area contributed by atoms with Gasteiger partial charge in [0.2, 0.25) is 0 Å². The van der Waals surface area contributed by atoms with Crippen LogP contribution in [0, 0.1) is 29.1 Å². The highest BCUT2D eigenvalue weighted by Gasteiger charge is 2.24. The van der Waals surface area contributed by atoms with E-state index in [0.717, 1.165) is 18.0 Å². The van der Waals surface area contributed by atoms with Gasteiger partial charge in [-0.1, -0.05) is 26.8 Å². The van der Waals surface area contributed by atoms with Crippen LogP contribution >= 0.6 is 0 Å². The minimum Gasteiger partial charge on any atom is -0.473 e. The van der Waals surface area contributed by atoms with E-state index in [1.54, 1.807) is 12.1 Å². The second kappa shape index (κ2) is 11.3. The first-order chi connectivity index (χ1) is 19.5. The van der Waals surface area contributed by atoms with Crippen LogP contribution in [0.2, 0.25) is 0 Å². The number of hydrogen-bond donors (Lipinski definition) is 0. The van der Waals surface area contributed by atoms with Crippen LogP contribution < -0.4 is 19.3 Å². The van der Waals surface area contributed by atoms with Crippen LogP contribution in [0.25, 0.3) is 0 Å². The van der Waals surface area contributed by atoms with Crippen molar-refractivity contribution >= 4 is 11.4 Å². The minimum atomic E-state index is -1.02. The maximum atomic E-state index is 13.7. The zero-order valence-corrected chi connectivity index (χ0v) is 22.9. The van der Waals surface area contributed by atoms with E-state index in [0.29, 0.717) is 30.2 Å². The van der Waals surface area contributed by atoms with Gasteiger partial charge in [0.25, 0.3) is 0 Å². The van der Waals surface area contributed by atoms with Crippen molar-refractivity contribution in [1.29, 1.82) is 0 Å². The van der Waals surface area contributed by atoms with Gasteiger partial charge in [-0.15, -0.1) is 0 Å². The summed E-state index contributed by atoms with van der Waals surface area (Å²) in [5, 5.41) is 0. The summed E-state index contributed by atoms with van der Waals surface area (Å²) in [6, 6.07) is 18.1. The molecule has 0 aliphatic carbocycles. The average molecular weight is 569 g/mol. The first kappa shape index (κ1) is 28.3. The molecule has 0 amide bonds. The summed E-state index contributed by atoms with van der Waals surface area (Å²) in [7, 11) is 0. The molecular formula is C32H29F5N2O2. The van der Waals surface area contributed by atoms with Crippen molar-refractivity contribution in [3.8, 4) is 11.5 Å². The molecule has 214 valence electrons. The summed E-state index contributed by atoms with van der Waals surface area (Å²) >= 11 is 0. The monoisotopic (exact) mass is 568 g/mol. The standard InChI is InChI=1S/C18H20FNO.C14H9F4NO/c1-18(2,3)14-4-9-17-13(10-14)11-20(12-21-17)16-7-5-15(19)6-8-16;15-9-1-2-13-8(3-9)6-19(7-20-13)14-11(17)4-10(16)5-12(14)18/h4-10H,11-12H2,1-3H3;1-5H,6-7H2. The predicted octanol–water partition coefficient (Wildman–Crippen LogP) is 8.08. The largest absolute Gasteiger partial charge is 0.473 e. The highest BCUT2D eigenvalue weighted by Crippen LogP contribution is 2.34. The van der Waals surface area contributed by atoms with E-state index < -0.39 is 23.3 Å². The summed E-state index contributed by atoms with van der Waals surface area (Å²) in [5.41, 5.74) is 3.65. The number of halogens is 5. The number of rotatable bonds is 2. The fourth-order valence-electron chi connectivity index (χ4n) is 4.72. The van der Waals surface area contributed by atoms with Gasteiger partial charge >= 0.3 is 0 Å². The van der Waals surface area contributed by atoms with Gasteiger partial charge in [-0.3, -0.25) is 0 Å². The van der Waals surface area contributed by atoms with Gasteiger partial charge in [0, 0.05) is 35.5 Å². The topological polar surface area (TPSA) is 24.9 Å². The zero-order chi connectivity index (χ0) is 29.3. The van der Waals surface area contributed by atoms with Gasteiger partial charge in [0.1, 0.15) is 34.6 Å². The first-order valence-corrected chi connectivity index (χ1v) is 13.1. The van der Waals surface area contributed by atoms with Crippen molar-refractivity contribution < 1.29 is 31.4 Å². The molecule has 0 saturated carbocycles. The Hall–Kier alpha value is -4.27. The average Bonchev–Trinajstić information content (AvgIpc) is 2.92. The van der Waals surface area contributed by atoms with E-state index in [2.05, 4.69) is 43.9 Å². The van der Waals surface area contributed by atoms with Gasteiger partial charge < -0.3 is 19.3 Å². The predicted molar refractivity (Wildman–Crippen MR) is 148 cm³/mol. The van der Waals surface area contributed by atoms with Crippen molar-refractivity contribution in [3.63, 3.8) is 0 Å². The van der Waals surface area contributed by atoms with Crippen LogP contribution in [0.15, 0.2) is 72.8 Å². The summed E-state index contributed by atoms with van der Waals surface area (Å²) in [5.74, 6) is -2.31. The maximum Gasteiger partial charge on any atom is 0.161 e. The van der Waals surface area contributed by atoms with Crippen molar-refractivity contribution in [2.75, 3.05) is 23.3 Å². The number of fused-ring (bicyclic) bond motifs is 2. The molecule has 0 N–H and O–H groups in total. The van der Waals surface area contributed by atoms with Crippen molar-refractivity contribution in [2.45, 2.75) is 39.3 Å². The number of nitrogens with zero attached hydrogens (tertiary/aromatic N) is 2. The van der Waals surface area contributed by atoms with Crippen molar-refractivity contribution in [2.24, 2.45) is 0 Å². The summed E-state index contributed by atoms with van der Waals surface area (Å²) in [6.45, 7) is 7.87. The van der Waals surface area contributed by atoms with E-state index in [-0.39, 0.29) is 30.2 Å². The van der Waals surface area contributed by atoms with E-state index in [1.165, 1.54) is 46.4 Å². The fourth-order valence-corrected chi connectivity index (χ4v) is 4.72. The Morgan fingerprint density at radius 2 is 1.12 bits per heavy atom. The Morgan fingerprint density at radius 3 is 1.76 bits per heavy atom. The Labute approximate surface area is 235 Å². The fraction of sp³-hybridized carbons (Fsp3) is 0.250. The van der Waals surface area contributed by atoms with E-state index in [9.17, 15) is 22.0 Å². The SMILES string of the molecule is CC(C)(C)c1ccc2c(c1)CN(c1ccc(F)cc1)CO2.Fc1cc(F)c(N2COc3ccc(F)cc3C2)c(F)c1. The Morgan fingerprint density at radius 1 is 0.585 bits per heavy atom. The lowest BCUT2D eigenvalue weighted by Crippen LogP contribution is -2.33. The van der Waals surface area contributed by atoms with Gasteiger partial charge in [-0.05, 0) is 65.6 Å². The third-order valence-electron chi connectivity index (χ3n) is 6.91. The number of hydrogen-bond acceptors (Lipinski definition) is 4. The molecular weight excluding hydrogens is 539 g/mol. The maximum absolute atomic E-state index is 13.7. The van der Waals surface area contributed by atoms with Crippen LogP contribution in [-0.4, -0.2) is 13.5 Å². The molecule has 0 saturated heterocycles. The second-order valence-electron chi connectivity index (χ2n) is 11.0. The van der Waals surface area contributed by atoms with E-state index >= 15 is 0 Å². The normalized spacial score (nSPS) is 14.2. The van der Waals surface area contributed by atoms with Gasteiger partial charge in [-0.25, -0.2) is 22.0 Å². The molecule has 0 spiro atoms. The summed E-state index contributed by atoms with van der Waals surface area (Å²) in [6.07, 6.45) is 0. The van der Waals surface area contributed by atoms with E-state index in [1.807, 2.05) is 0 Å². The molecule has 2 heterocycles. The molecule has 4 aromatic carbocycles. The molecule has 0 bridgehead atoms. The number of benzene rings is 4. The molecule has 0 fully saturated rings. The molecule has 2 aliphatic rings. The van der Waals surface area contributed by atoms with Gasteiger partial charge in [-0.2, -0.15) is 0 Å². The van der Waals surface area contributed by atoms with Crippen LogP contribution in [0.4, 0.5) is 33.3 Å². The molecule has 0 atom stereocenters. The van der Waals surface area contributed by atoms with Gasteiger partial charge in [0.15, 0.2) is 25.1 Å². The van der Waals surface area contributed by atoms with Crippen molar-refractivity contribution in [3.05, 3.63) is 119 Å². The lowest BCUT2D eigenvalue weighted by molar-refractivity contribution is 0.285. The molecule has 9 heteroatoms. The molecule has 4 nitrogen and oxygen atoms in total. The van der Waals surface area contributed by atoms with Crippen LogP contribution in [0.5, 0.6) is 11.5 Å².